The molecule has 6 nitrogen and oxygen atoms in total. The van der Waals surface area contributed by atoms with E-state index in [1.54, 1.807) is 24.0 Å². The van der Waals surface area contributed by atoms with Gasteiger partial charge in [-0.15, -0.1) is 0 Å². The summed E-state index contributed by atoms with van der Waals surface area (Å²) in [6.45, 7) is 3.57. The lowest BCUT2D eigenvalue weighted by atomic mass is 9.81. The number of carbonyl (C=O) groups is 2. The second-order valence-corrected chi connectivity index (χ2v) is 7.15. The van der Waals surface area contributed by atoms with Gasteiger partial charge in [0.15, 0.2) is 0 Å². The Morgan fingerprint density at radius 1 is 1.32 bits per heavy atom. The predicted octanol–water partition coefficient (Wildman–Crippen LogP) is 0.514. The molecule has 2 aliphatic heterocycles. The van der Waals surface area contributed by atoms with E-state index in [1.165, 1.54) is 6.07 Å². The minimum Gasteiger partial charge on any atom is -0.481 e. The molecule has 0 aromatic heterocycles. The van der Waals surface area contributed by atoms with Gasteiger partial charge in [0.25, 0.3) is 0 Å². The van der Waals surface area contributed by atoms with Crippen LogP contribution in [0.15, 0.2) is 18.2 Å². The first-order valence-corrected chi connectivity index (χ1v) is 8.45. The van der Waals surface area contributed by atoms with E-state index in [-0.39, 0.29) is 37.2 Å². The molecule has 0 saturated carbocycles. The van der Waals surface area contributed by atoms with E-state index in [1.807, 2.05) is 4.90 Å². The fourth-order valence-corrected chi connectivity index (χ4v) is 4.01. The van der Waals surface area contributed by atoms with Gasteiger partial charge in [-0.3, -0.25) is 14.5 Å². The predicted molar refractivity (Wildman–Crippen MR) is 88.5 cm³/mol. The number of carbonyl (C=O) groups excluding carboxylic acids is 1. The number of aliphatic hydroxyl groups is 1. The maximum Gasteiger partial charge on any atom is 0.313 e. The molecular weight excluding hydrogens is 327 g/mol. The number of fused-ring (bicyclic) bond motifs is 1. The summed E-state index contributed by atoms with van der Waals surface area (Å²) in [7, 11) is 0. The number of carboxylic acid groups (broad SMARTS) is 1. The van der Waals surface area contributed by atoms with Gasteiger partial charge in [0.05, 0.1) is 13.0 Å². The Bertz CT molecular complexity index is 696. The highest BCUT2D eigenvalue weighted by atomic mass is 19.1. The minimum atomic E-state index is -0.969. The number of hydrogen-bond acceptors (Lipinski definition) is 4. The van der Waals surface area contributed by atoms with Crippen LogP contribution in [0.25, 0.3) is 0 Å². The quantitative estimate of drug-likeness (QED) is 0.809. The number of likely N-dealkylation sites (tertiary alicyclic amines) is 2. The number of β-amino-alcohol motifs (C(OH)–C–C–N with tert-alkyl or cyclic N) is 1. The van der Waals surface area contributed by atoms with Crippen molar-refractivity contribution in [2.24, 2.45) is 11.3 Å². The zero-order chi connectivity index (χ0) is 18.2. The van der Waals surface area contributed by atoms with Gasteiger partial charge in [-0.2, -0.15) is 0 Å². The van der Waals surface area contributed by atoms with Gasteiger partial charge in [0.2, 0.25) is 5.91 Å². The van der Waals surface area contributed by atoms with Crippen molar-refractivity contribution in [3.05, 3.63) is 35.1 Å². The average molecular weight is 350 g/mol. The molecule has 0 bridgehead atoms. The van der Waals surface area contributed by atoms with Gasteiger partial charge in [-0.25, -0.2) is 4.39 Å². The molecule has 2 heterocycles. The van der Waals surface area contributed by atoms with E-state index in [4.69, 9.17) is 5.11 Å². The third-order valence-corrected chi connectivity index (χ3v) is 5.47. The standard InChI is InChI=1S/C18H23FN2O4/c1-12-2-3-13(6-15(12)19)7-16(23)21-9-14-8-20(4-5-22)10-18(14,11-21)17(24)25/h2-3,6,14,22H,4-5,7-11H2,1H3,(H,24,25)/t14-,18-/m0/s1. The van der Waals surface area contributed by atoms with Crippen molar-refractivity contribution >= 4 is 11.9 Å². The van der Waals surface area contributed by atoms with Gasteiger partial charge in [0.1, 0.15) is 11.2 Å². The van der Waals surface area contributed by atoms with Crippen LogP contribution in [-0.4, -0.2) is 71.2 Å². The van der Waals surface area contributed by atoms with Crippen molar-refractivity contribution in [3.63, 3.8) is 0 Å². The smallest absolute Gasteiger partial charge is 0.313 e. The number of rotatable bonds is 5. The van der Waals surface area contributed by atoms with Gasteiger partial charge in [0, 0.05) is 38.6 Å². The number of aliphatic carboxylic acids is 1. The van der Waals surface area contributed by atoms with Crippen molar-refractivity contribution in [2.45, 2.75) is 13.3 Å². The normalized spacial score (nSPS) is 26.0. The second kappa shape index (κ2) is 6.72. The molecule has 0 aliphatic carbocycles. The molecule has 1 aromatic carbocycles. The third-order valence-electron chi connectivity index (χ3n) is 5.47. The number of aliphatic hydroxyl groups excluding tert-OH is 1. The maximum absolute atomic E-state index is 13.6. The molecule has 0 radical (unpaired) electrons. The summed E-state index contributed by atoms with van der Waals surface area (Å²) < 4.78 is 13.6. The summed E-state index contributed by atoms with van der Waals surface area (Å²) in [5, 5.41) is 18.8. The topological polar surface area (TPSA) is 81.1 Å². The van der Waals surface area contributed by atoms with Crippen molar-refractivity contribution in [1.82, 2.24) is 9.80 Å². The summed E-state index contributed by atoms with van der Waals surface area (Å²) in [4.78, 5) is 28.0. The second-order valence-electron chi connectivity index (χ2n) is 7.15. The first-order valence-electron chi connectivity index (χ1n) is 8.45. The van der Waals surface area contributed by atoms with Gasteiger partial charge < -0.3 is 15.1 Å². The number of benzene rings is 1. The Morgan fingerprint density at radius 3 is 2.68 bits per heavy atom. The lowest BCUT2D eigenvalue weighted by molar-refractivity contribution is -0.149. The van der Waals surface area contributed by atoms with Crippen LogP contribution in [0.1, 0.15) is 11.1 Å². The van der Waals surface area contributed by atoms with Crippen molar-refractivity contribution in [3.8, 4) is 0 Å². The van der Waals surface area contributed by atoms with Crippen LogP contribution in [-0.2, 0) is 16.0 Å². The van der Waals surface area contributed by atoms with Crippen molar-refractivity contribution in [1.29, 1.82) is 0 Å². The molecule has 7 heteroatoms. The van der Waals surface area contributed by atoms with E-state index >= 15 is 0 Å². The Balaban J connectivity index is 1.70. The fourth-order valence-electron chi connectivity index (χ4n) is 4.01. The van der Waals surface area contributed by atoms with Crippen LogP contribution in [0.2, 0.25) is 0 Å². The molecule has 2 atom stereocenters. The fraction of sp³-hybridized carbons (Fsp3) is 0.556. The molecular formula is C18H23FN2O4. The molecule has 0 spiro atoms. The van der Waals surface area contributed by atoms with E-state index in [0.717, 1.165) is 0 Å². The van der Waals surface area contributed by atoms with Gasteiger partial charge in [-0.1, -0.05) is 12.1 Å². The Morgan fingerprint density at radius 2 is 2.08 bits per heavy atom. The molecule has 2 N–H and O–H groups in total. The molecule has 1 aromatic rings. The van der Waals surface area contributed by atoms with Crippen LogP contribution >= 0.6 is 0 Å². The van der Waals surface area contributed by atoms with E-state index < -0.39 is 11.4 Å². The maximum atomic E-state index is 13.6. The van der Waals surface area contributed by atoms with E-state index in [2.05, 4.69) is 0 Å². The largest absolute Gasteiger partial charge is 0.481 e. The number of nitrogens with zero attached hydrogens (tertiary/aromatic N) is 2. The summed E-state index contributed by atoms with van der Waals surface area (Å²) in [6, 6.07) is 4.73. The lowest BCUT2D eigenvalue weighted by Gasteiger charge is -2.25. The minimum absolute atomic E-state index is 0.00987. The van der Waals surface area contributed by atoms with Crippen molar-refractivity contribution in [2.75, 3.05) is 39.3 Å². The van der Waals surface area contributed by atoms with Crippen LogP contribution in [0, 0.1) is 24.1 Å². The van der Waals surface area contributed by atoms with E-state index in [9.17, 15) is 19.1 Å². The molecule has 2 saturated heterocycles. The number of carboxylic acids is 1. The van der Waals surface area contributed by atoms with Crippen molar-refractivity contribution < 1.29 is 24.2 Å². The molecule has 136 valence electrons. The Labute approximate surface area is 145 Å². The highest BCUT2D eigenvalue weighted by molar-refractivity contribution is 5.83. The molecule has 2 aliphatic rings. The molecule has 3 rings (SSSR count). The van der Waals surface area contributed by atoms with Gasteiger partial charge in [-0.05, 0) is 24.1 Å². The molecule has 25 heavy (non-hydrogen) atoms. The average Bonchev–Trinajstić information content (AvgIpc) is 3.06. The van der Waals surface area contributed by atoms with Crippen LogP contribution in [0.4, 0.5) is 4.39 Å². The number of amides is 1. The summed E-state index contributed by atoms with van der Waals surface area (Å²) in [5.41, 5.74) is 0.153. The summed E-state index contributed by atoms with van der Waals surface area (Å²) >= 11 is 0. The number of halogens is 1. The first kappa shape index (κ1) is 17.8. The number of hydrogen-bond donors (Lipinski definition) is 2. The highest BCUT2D eigenvalue weighted by Crippen LogP contribution is 2.42. The molecule has 1 amide bonds. The summed E-state index contributed by atoms with van der Waals surface area (Å²) in [6.07, 6.45) is 0.0694. The first-order chi connectivity index (χ1) is 11.9. The Kier molecular flexibility index (Phi) is 4.79. The monoisotopic (exact) mass is 350 g/mol. The lowest BCUT2D eigenvalue weighted by Crippen LogP contribution is -2.42. The zero-order valence-electron chi connectivity index (χ0n) is 14.2. The van der Waals surface area contributed by atoms with Crippen LogP contribution < -0.4 is 0 Å². The van der Waals surface area contributed by atoms with Crippen LogP contribution in [0.5, 0.6) is 0 Å². The van der Waals surface area contributed by atoms with Crippen LogP contribution in [0.3, 0.4) is 0 Å². The highest BCUT2D eigenvalue weighted by Gasteiger charge is 2.58. The SMILES string of the molecule is Cc1ccc(CC(=O)N2C[C@@H]3CN(CCO)C[C@]3(C(=O)O)C2)cc1F. The number of aryl methyl sites for hydroxylation is 1. The van der Waals surface area contributed by atoms with Gasteiger partial charge >= 0.3 is 5.97 Å². The molecule has 0 unspecified atom stereocenters. The zero-order valence-corrected chi connectivity index (χ0v) is 14.2. The third kappa shape index (κ3) is 3.26. The van der Waals surface area contributed by atoms with E-state index in [0.29, 0.717) is 37.3 Å². The Hall–Kier alpha value is -1.99. The molecule has 2 fully saturated rings. The summed E-state index contributed by atoms with van der Waals surface area (Å²) in [5.74, 6) is -1.55.